The molecule has 28 heavy (non-hydrogen) atoms. The van der Waals surface area contributed by atoms with Gasteiger partial charge in [-0.1, -0.05) is 36.4 Å². The summed E-state index contributed by atoms with van der Waals surface area (Å²) < 4.78 is 5.89. The molecule has 1 saturated heterocycles. The van der Waals surface area contributed by atoms with Crippen LogP contribution in [0.5, 0.6) is 5.75 Å². The van der Waals surface area contributed by atoms with Crippen molar-refractivity contribution in [1.29, 1.82) is 0 Å². The normalized spacial score (nSPS) is 25.2. The minimum atomic E-state index is 0.714. The first-order chi connectivity index (χ1) is 13.9. The van der Waals surface area contributed by atoms with Gasteiger partial charge in [-0.15, -0.1) is 0 Å². The van der Waals surface area contributed by atoms with Crippen LogP contribution >= 0.6 is 0 Å². The zero-order chi connectivity index (χ0) is 18.5. The molecule has 0 aliphatic carbocycles. The first-order valence-corrected chi connectivity index (χ1v) is 11.2. The molecule has 4 aliphatic heterocycles. The second-order valence-electron chi connectivity index (χ2n) is 9.02. The van der Waals surface area contributed by atoms with Crippen molar-refractivity contribution < 1.29 is 4.74 Å². The third-order valence-electron chi connectivity index (χ3n) is 7.46. The summed E-state index contributed by atoms with van der Waals surface area (Å²) in [4.78, 5) is 5.49. The highest BCUT2D eigenvalue weighted by Crippen LogP contribution is 2.48. The Morgan fingerprint density at radius 1 is 1.00 bits per heavy atom. The third-order valence-corrected chi connectivity index (χ3v) is 7.46. The van der Waals surface area contributed by atoms with Gasteiger partial charge in [0.2, 0.25) is 0 Å². The molecular formula is C25H30N2O. The van der Waals surface area contributed by atoms with Crippen LogP contribution in [0.25, 0.3) is 0 Å². The maximum absolute atomic E-state index is 5.89. The summed E-state index contributed by atoms with van der Waals surface area (Å²) in [5, 5.41) is 0. The van der Waals surface area contributed by atoms with E-state index in [1.165, 1.54) is 68.7 Å². The standard InChI is InChI=1S/C25H30N2O/c1-6-19(25-20(7-1)12-16-28-25)9-3-13-26-15-11-23-22(17-26)21-10-2-5-18-8-4-14-27(23)24(18)21/h1-2,5-7,10,22-23H,3-4,8-9,11-17H2. The van der Waals surface area contributed by atoms with Gasteiger partial charge in [0.1, 0.15) is 5.75 Å². The van der Waals surface area contributed by atoms with E-state index in [1.807, 2.05) is 0 Å². The van der Waals surface area contributed by atoms with E-state index in [4.69, 9.17) is 4.74 Å². The average molecular weight is 375 g/mol. The summed E-state index contributed by atoms with van der Waals surface area (Å²) in [7, 11) is 0. The van der Waals surface area contributed by atoms with Crippen molar-refractivity contribution in [2.45, 2.75) is 50.5 Å². The summed E-state index contributed by atoms with van der Waals surface area (Å²) >= 11 is 0. The quantitative estimate of drug-likeness (QED) is 0.799. The molecule has 0 aromatic heterocycles. The van der Waals surface area contributed by atoms with E-state index in [1.54, 1.807) is 16.8 Å². The van der Waals surface area contributed by atoms with Crippen LogP contribution in [0, 0.1) is 0 Å². The summed E-state index contributed by atoms with van der Waals surface area (Å²) in [6, 6.07) is 14.5. The van der Waals surface area contributed by atoms with Crippen LogP contribution in [0.3, 0.4) is 0 Å². The maximum atomic E-state index is 5.89. The maximum Gasteiger partial charge on any atom is 0.125 e. The minimum Gasteiger partial charge on any atom is -0.493 e. The Morgan fingerprint density at radius 2 is 1.93 bits per heavy atom. The summed E-state index contributed by atoms with van der Waals surface area (Å²) in [5.41, 5.74) is 7.67. The lowest BCUT2D eigenvalue weighted by Crippen LogP contribution is -2.47. The van der Waals surface area contributed by atoms with Gasteiger partial charge in [0, 0.05) is 43.7 Å². The van der Waals surface area contributed by atoms with Crippen LogP contribution in [0.1, 0.15) is 47.4 Å². The number of piperidine rings is 1. The van der Waals surface area contributed by atoms with Crippen LogP contribution in [-0.2, 0) is 19.3 Å². The van der Waals surface area contributed by atoms with Gasteiger partial charge >= 0.3 is 0 Å². The monoisotopic (exact) mass is 374 g/mol. The van der Waals surface area contributed by atoms with E-state index in [0.717, 1.165) is 25.5 Å². The fourth-order valence-corrected chi connectivity index (χ4v) is 6.21. The van der Waals surface area contributed by atoms with Crippen molar-refractivity contribution in [1.82, 2.24) is 4.90 Å². The van der Waals surface area contributed by atoms with E-state index >= 15 is 0 Å². The molecule has 0 radical (unpaired) electrons. The number of nitrogens with zero attached hydrogens (tertiary/aromatic N) is 2. The highest BCUT2D eigenvalue weighted by Gasteiger charge is 2.43. The molecule has 4 aliphatic rings. The molecular weight excluding hydrogens is 344 g/mol. The van der Waals surface area contributed by atoms with Gasteiger partial charge in [0.25, 0.3) is 0 Å². The molecule has 0 N–H and O–H groups in total. The number of hydrogen-bond donors (Lipinski definition) is 0. The van der Waals surface area contributed by atoms with Crippen molar-refractivity contribution in [3.05, 3.63) is 58.7 Å². The number of fused-ring (bicyclic) bond motifs is 4. The Balaban J connectivity index is 1.13. The van der Waals surface area contributed by atoms with Crippen LogP contribution < -0.4 is 9.64 Å². The lowest BCUT2D eigenvalue weighted by molar-refractivity contribution is 0.191. The number of ether oxygens (including phenoxy) is 1. The Bertz CT molecular complexity index is 892. The van der Waals surface area contributed by atoms with Crippen LogP contribution in [0.4, 0.5) is 5.69 Å². The third kappa shape index (κ3) is 2.67. The first-order valence-electron chi connectivity index (χ1n) is 11.2. The van der Waals surface area contributed by atoms with E-state index in [0.29, 0.717) is 5.92 Å². The van der Waals surface area contributed by atoms with Crippen molar-refractivity contribution >= 4 is 5.69 Å². The predicted molar refractivity (Wildman–Crippen MR) is 114 cm³/mol. The highest BCUT2D eigenvalue weighted by atomic mass is 16.5. The second-order valence-corrected chi connectivity index (χ2v) is 9.02. The molecule has 0 amide bonds. The molecule has 0 spiro atoms. The van der Waals surface area contributed by atoms with Gasteiger partial charge in [0.05, 0.1) is 6.61 Å². The summed E-state index contributed by atoms with van der Waals surface area (Å²) in [5.74, 6) is 1.90. The van der Waals surface area contributed by atoms with Crippen molar-refractivity contribution in [3.8, 4) is 5.75 Å². The molecule has 0 bridgehead atoms. The molecule has 146 valence electrons. The number of anilines is 1. The zero-order valence-electron chi connectivity index (χ0n) is 16.7. The fraction of sp³-hybridized carbons (Fsp3) is 0.520. The van der Waals surface area contributed by atoms with E-state index in [-0.39, 0.29) is 0 Å². The van der Waals surface area contributed by atoms with Gasteiger partial charge in [-0.3, -0.25) is 0 Å². The lowest BCUT2D eigenvalue weighted by atomic mass is 9.88. The van der Waals surface area contributed by atoms with Crippen molar-refractivity contribution in [2.24, 2.45) is 0 Å². The molecule has 3 nitrogen and oxygen atoms in total. The van der Waals surface area contributed by atoms with E-state index in [9.17, 15) is 0 Å². The molecule has 3 heteroatoms. The van der Waals surface area contributed by atoms with E-state index < -0.39 is 0 Å². The van der Waals surface area contributed by atoms with E-state index in [2.05, 4.69) is 46.2 Å². The zero-order valence-corrected chi connectivity index (χ0v) is 16.7. The van der Waals surface area contributed by atoms with Gasteiger partial charge in [-0.2, -0.15) is 0 Å². The first kappa shape index (κ1) is 16.9. The largest absolute Gasteiger partial charge is 0.493 e. The molecule has 0 saturated carbocycles. The molecule has 2 aromatic rings. The average Bonchev–Trinajstić information content (AvgIpc) is 3.34. The number of hydrogen-bond acceptors (Lipinski definition) is 3. The number of rotatable bonds is 4. The molecule has 2 atom stereocenters. The summed E-state index contributed by atoms with van der Waals surface area (Å²) in [6.07, 6.45) is 7.37. The van der Waals surface area contributed by atoms with Crippen molar-refractivity contribution in [3.63, 3.8) is 0 Å². The van der Waals surface area contributed by atoms with Crippen LogP contribution in [0.15, 0.2) is 36.4 Å². The van der Waals surface area contributed by atoms with Gasteiger partial charge < -0.3 is 14.5 Å². The van der Waals surface area contributed by atoms with Gasteiger partial charge in [-0.25, -0.2) is 0 Å². The topological polar surface area (TPSA) is 15.7 Å². The van der Waals surface area contributed by atoms with Crippen LogP contribution in [0.2, 0.25) is 0 Å². The number of benzene rings is 2. The Hall–Kier alpha value is -2.00. The predicted octanol–water partition coefficient (Wildman–Crippen LogP) is 4.18. The van der Waals surface area contributed by atoms with Crippen LogP contribution in [-0.4, -0.2) is 43.7 Å². The highest BCUT2D eigenvalue weighted by molar-refractivity contribution is 5.68. The molecule has 6 rings (SSSR count). The number of para-hydroxylation sites is 2. The summed E-state index contributed by atoms with van der Waals surface area (Å²) in [6.45, 7) is 5.83. The fourth-order valence-electron chi connectivity index (χ4n) is 6.21. The second kappa shape index (κ2) is 6.81. The van der Waals surface area contributed by atoms with Gasteiger partial charge in [0.15, 0.2) is 0 Å². The smallest absolute Gasteiger partial charge is 0.125 e. The Labute approximate surface area is 168 Å². The molecule has 1 fully saturated rings. The molecule has 4 heterocycles. The Kier molecular flexibility index (Phi) is 4.11. The SMILES string of the molecule is c1cc(CCCN2CCC3C(C2)c2cccc4c2N3CCC4)c2c(c1)CCO2. The molecule has 2 unspecified atom stereocenters. The Morgan fingerprint density at radius 3 is 2.93 bits per heavy atom. The van der Waals surface area contributed by atoms with Crippen molar-refractivity contribution in [2.75, 3.05) is 37.7 Å². The number of likely N-dealkylation sites (tertiary alicyclic amines) is 1. The molecule has 2 aromatic carbocycles. The minimum absolute atomic E-state index is 0.714. The van der Waals surface area contributed by atoms with Gasteiger partial charge in [-0.05, 0) is 60.9 Å². The number of aryl methyl sites for hydroxylation is 2. The lowest BCUT2D eigenvalue weighted by Gasteiger charge is -2.40.